The van der Waals surface area contributed by atoms with E-state index in [1.54, 1.807) is 23.8 Å². The molecule has 1 aromatic heterocycles. The first kappa shape index (κ1) is 22.6. The molecule has 0 fully saturated rings. The second-order valence-electron chi connectivity index (χ2n) is 7.54. The quantitative estimate of drug-likeness (QED) is 0.495. The number of benzene rings is 2. The molecule has 0 saturated heterocycles. The van der Waals surface area contributed by atoms with Gasteiger partial charge in [0.2, 0.25) is 0 Å². The maximum absolute atomic E-state index is 13.5. The Labute approximate surface area is 180 Å². The summed E-state index contributed by atoms with van der Waals surface area (Å²) in [7, 11) is 3.43. The number of aromatic nitrogens is 2. The van der Waals surface area contributed by atoms with Crippen molar-refractivity contribution in [3.8, 4) is 0 Å². The molecule has 0 saturated carbocycles. The molecule has 1 heterocycles. The summed E-state index contributed by atoms with van der Waals surface area (Å²) < 4.78 is 31.7. The second-order valence-corrected chi connectivity index (χ2v) is 7.54. The number of hydrogen-bond acceptors (Lipinski definition) is 4. The number of halogens is 2. The standard InChI is InChI=1S/C24H27F2N3O2/c1-17-27-22-12-11-19(28(2)13-7-10-23(25)26)15-21(22)24(30)29(17)20(16-31-3)14-18-8-5-4-6-9-18/h4-6,8-12,15,20H,7,13-14,16H2,1-3H3/t20-/m0/s1. The van der Waals surface area contributed by atoms with E-state index in [2.05, 4.69) is 4.98 Å². The molecule has 0 radical (unpaired) electrons. The van der Waals surface area contributed by atoms with Gasteiger partial charge < -0.3 is 9.64 Å². The van der Waals surface area contributed by atoms with Gasteiger partial charge in [-0.3, -0.25) is 9.36 Å². The molecular formula is C24H27F2N3O2. The third-order valence-electron chi connectivity index (χ3n) is 5.30. The number of aryl methyl sites for hydroxylation is 1. The van der Waals surface area contributed by atoms with Crippen LogP contribution in [0.15, 0.2) is 65.5 Å². The Bertz CT molecular complexity index is 1110. The first-order chi connectivity index (χ1) is 14.9. The summed E-state index contributed by atoms with van der Waals surface area (Å²) in [6, 6.07) is 15.2. The normalized spacial score (nSPS) is 12.0. The Kier molecular flexibility index (Phi) is 7.52. The maximum atomic E-state index is 13.5. The van der Waals surface area contributed by atoms with E-state index < -0.39 is 6.08 Å². The van der Waals surface area contributed by atoms with Crippen LogP contribution in [0.3, 0.4) is 0 Å². The van der Waals surface area contributed by atoms with Gasteiger partial charge in [-0.15, -0.1) is 0 Å². The van der Waals surface area contributed by atoms with Crippen LogP contribution in [0.2, 0.25) is 0 Å². The van der Waals surface area contributed by atoms with Gasteiger partial charge in [0.25, 0.3) is 11.6 Å². The summed E-state index contributed by atoms with van der Waals surface area (Å²) in [5.74, 6) is 0.625. The number of ether oxygens (including phenoxy) is 1. The van der Waals surface area contributed by atoms with Gasteiger partial charge in [-0.05, 0) is 49.6 Å². The fraction of sp³-hybridized carbons (Fsp3) is 0.333. The molecule has 0 aliphatic heterocycles. The molecule has 0 N–H and O–H groups in total. The van der Waals surface area contributed by atoms with E-state index in [1.165, 1.54) is 0 Å². The van der Waals surface area contributed by atoms with E-state index in [0.717, 1.165) is 17.3 Å². The highest BCUT2D eigenvalue weighted by molar-refractivity contribution is 5.81. The lowest BCUT2D eigenvalue weighted by molar-refractivity contribution is 0.152. The highest BCUT2D eigenvalue weighted by atomic mass is 19.3. The van der Waals surface area contributed by atoms with Crippen molar-refractivity contribution in [1.82, 2.24) is 9.55 Å². The lowest BCUT2D eigenvalue weighted by Gasteiger charge is -2.23. The highest BCUT2D eigenvalue weighted by Gasteiger charge is 2.19. The van der Waals surface area contributed by atoms with Crippen molar-refractivity contribution in [3.05, 3.63) is 82.4 Å². The van der Waals surface area contributed by atoms with E-state index in [-0.39, 0.29) is 18.0 Å². The van der Waals surface area contributed by atoms with Crippen molar-refractivity contribution in [2.45, 2.75) is 25.8 Å². The molecule has 31 heavy (non-hydrogen) atoms. The van der Waals surface area contributed by atoms with Crippen molar-refractivity contribution in [2.24, 2.45) is 0 Å². The average Bonchev–Trinajstić information content (AvgIpc) is 2.74. The zero-order chi connectivity index (χ0) is 22.4. The monoisotopic (exact) mass is 427 g/mol. The van der Waals surface area contributed by atoms with Crippen LogP contribution in [0.25, 0.3) is 10.9 Å². The van der Waals surface area contributed by atoms with Crippen LogP contribution in [0.5, 0.6) is 0 Å². The predicted molar refractivity (Wildman–Crippen MR) is 120 cm³/mol. The summed E-state index contributed by atoms with van der Waals surface area (Å²) in [6.07, 6.45) is 0.0786. The van der Waals surface area contributed by atoms with E-state index in [4.69, 9.17) is 4.74 Å². The fourth-order valence-electron chi connectivity index (χ4n) is 3.76. The van der Waals surface area contributed by atoms with Gasteiger partial charge in [0.1, 0.15) is 5.82 Å². The fourth-order valence-corrected chi connectivity index (χ4v) is 3.76. The zero-order valence-corrected chi connectivity index (χ0v) is 18.0. The topological polar surface area (TPSA) is 47.4 Å². The van der Waals surface area contributed by atoms with Crippen LogP contribution in [-0.4, -0.2) is 36.9 Å². The SMILES string of the molecule is COC[C@H](Cc1ccccc1)n1c(C)nc2ccc(N(C)CCC=C(F)F)cc2c1=O. The molecule has 3 rings (SSSR count). The Morgan fingerprint density at radius 2 is 1.97 bits per heavy atom. The van der Waals surface area contributed by atoms with Crippen LogP contribution >= 0.6 is 0 Å². The van der Waals surface area contributed by atoms with Crippen molar-refractivity contribution in [3.63, 3.8) is 0 Å². The number of methoxy groups -OCH3 is 1. The van der Waals surface area contributed by atoms with E-state index in [0.29, 0.717) is 36.3 Å². The molecule has 1 atom stereocenters. The first-order valence-corrected chi connectivity index (χ1v) is 10.2. The van der Waals surface area contributed by atoms with Gasteiger partial charge in [-0.1, -0.05) is 30.3 Å². The molecule has 164 valence electrons. The van der Waals surface area contributed by atoms with Crippen LogP contribution in [0, 0.1) is 6.92 Å². The van der Waals surface area contributed by atoms with Gasteiger partial charge in [0.05, 0.1) is 23.6 Å². The van der Waals surface area contributed by atoms with E-state index in [1.807, 2.05) is 55.3 Å². The number of hydrogen-bond donors (Lipinski definition) is 0. The minimum absolute atomic E-state index is 0.134. The van der Waals surface area contributed by atoms with Gasteiger partial charge in [-0.2, -0.15) is 8.78 Å². The molecule has 0 aliphatic carbocycles. The van der Waals surface area contributed by atoms with Crippen LogP contribution in [-0.2, 0) is 11.2 Å². The minimum atomic E-state index is -1.68. The zero-order valence-electron chi connectivity index (χ0n) is 18.0. The van der Waals surface area contributed by atoms with Crippen LogP contribution < -0.4 is 10.5 Å². The van der Waals surface area contributed by atoms with E-state index >= 15 is 0 Å². The Morgan fingerprint density at radius 1 is 1.23 bits per heavy atom. The Morgan fingerprint density at radius 3 is 2.65 bits per heavy atom. The third-order valence-corrected chi connectivity index (χ3v) is 5.30. The van der Waals surface area contributed by atoms with Crippen molar-refractivity contribution >= 4 is 16.6 Å². The summed E-state index contributed by atoms with van der Waals surface area (Å²) in [5, 5.41) is 0.497. The molecule has 0 bridgehead atoms. The lowest BCUT2D eigenvalue weighted by atomic mass is 10.1. The molecule has 3 aromatic rings. The largest absolute Gasteiger partial charge is 0.383 e. The number of anilines is 1. The molecule has 5 nitrogen and oxygen atoms in total. The van der Waals surface area contributed by atoms with Crippen LogP contribution in [0.4, 0.5) is 14.5 Å². The first-order valence-electron chi connectivity index (χ1n) is 10.2. The molecule has 0 unspecified atom stereocenters. The third kappa shape index (κ3) is 5.55. The Hall–Kier alpha value is -3.06. The molecule has 2 aromatic carbocycles. The average molecular weight is 427 g/mol. The summed E-state index contributed by atoms with van der Waals surface area (Å²) in [6.45, 7) is 2.62. The smallest absolute Gasteiger partial charge is 0.266 e. The molecule has 0 aliphatic rings. The maximum Gasteiger partial charge on any atom is 0.266 e. The van der Waals surface area contributed by atoms with Gasteiger partial charge >= 0.3 is 0 Å². The molecule has 7 heteroatoms. The lowest BCUT2D eigenvalue weighted by Crippen LogP contribution is -2.32. The summed E-state index contributed by atoms with van der Waals surface area (Å²) in [4.78, 5) is 20.0. The van der Waals surface area contributed by atoms with E-state index in [9.17, 15) is 13.6 Å². The summed E-state index contributed by atoms with van der Waals surface area (Å²) >= 11 is 0. The highest BCUT2D eigenvalue weighted by Crippen LogP contribution is 2.21. The minimum Gasteiger partial charge on any atom is -0.383 e. The molecule has 0 spiro atoms. The number of rotatable bonds is 9. The van der Waals surface area contributed by atoms with Gasteiger partial charge in [-0.25, -0.2) is 4.98 Å². The Balaban J connectivity index is 1.99. The number of fused-ring (bicyclic) bond motifs is 1. The molecule has 0 amide bonds. The van der Waals surface area contributed by atoms with Crippen molar-refractivity contribution in [2.75, 3.05) is 32.2 Å². The summed E-state index contributed by atoms with van der Waals surface area (Å²) in [5.41, 5.74) is 2.37. The van der Waals surface area contributed by atoms with Crippen molar-refractivity contribution < 1.29 is 13.5 Å². The predicted octanol–water partition coefficient (Wildman–Crippen LogP) is 4.74. The number of nitrogens with zero attached hydrogens (tertiary/aromatic N) is 3. The van der Waals surface area contributed by atoms with Gasteiger partial charge in [0.15, 0.2) is 0 Å². The van der Waals surface area contributed by atoms with Crippen molar-refractivity contribution in [1.29, 1.82) is 0 Å². The molecular weight excluding hydrogens is 400 g/mol. The van der Waals surface area contributed by atoms with Gasteiger partial charge in [0, 0.05) is 26.4 Å². The second kappa shape index (κ2) is 10.3. The van der Waals surface area contributed by atoms with Crippen LogP contribution in [0.1, 0.15) is 23.9 Å².